The number of rotatable bonds is 7. The van der Waals surface area contributed by atoms with Crippen LogP contribution >= 0.6 is 11.8 Å². The topological polar surface area (TPSA) is 97.1 Å². The highest BCUT2D eigenvalue weighted by atomic mass is 32.2. The van der Waals surface area contributed by atoms with Gasteiger partial charge < -0.3 is 5.43 Å². The van der Waals surface area contributed by atoms with Crippen LogP contribution in [0, 0.1) is 0 Å². The van der Waals surface area contributed by atoms with Crippen LogP contribution in [-0.4, -0.2) is 31.5 Å². The van der Waals surface area contributed by atoms with Gasteiger partial charge in [-0.2, -0.15) is 11.8 Å². The normalized spacial score (nSPS) is 13.3. The Labute approximate surface area is 112 Å². The molecule has 0 amide bonds. The lowest BCUT2D eigenvalue weighted by Gasteiger charge is -2.16. The number of aromatic nitrogens is 1. The van der Waals surface area contributed by atoms with Gasteiger partial charge in [0, 0.05) is 18.0 Å². The Morgan fingerprint density at radius 1 is 1.56 bits per heavy atom. The molecule has 18 heavy (non-hydrogen) atoms. The minimum Gasteiger partial charge on any atom is -0.321 e. The molecule has 0 aromatic carbocycles. The van der Waals surface area contributed by atoms with Gasteiger partial charge in [-0.15, -0.1) is 0 Å². The summed E-state index contributed by atoms with van der Waals surface area (Å²) in [6.45, 7) is 1.93. The number of hydrogen-bond donors (Lipinski definition) is 3. The minimum atomic E-state index is -3.65. The first-order valence-corrected chi connectivity index (χ1v) is 8.35. The summed E-state index contributed by atoms with van der Waals surface area (Å²) in [5, 5.41) is -0.0768. The maximum Gasteiger partial charge on any atom is 0.260 e. The Morgan fingerprint density at radius 2 is 2.28 bits per heavy atom. The van der Waals surface area contributed by atoms with Crippen molar-refractivity contribution >= 4 is 27.5 Å². The van der Waals surface area contributed by atoms with Crippen LogP contribution in [-0.2, 0) is 10.0 Å². The number of nitrogens with two attached hydrogens (primary N) is 1. The van der Waals surface area contributed by atoms with Gasteiger partial charge in [-0.3, -0.25) is 5.84 Å². The van der Waals surface area contributed by atoms with Crippen molar-refractivity contribution in [1.82, 2.24) is 9.71 Å². The monoisotopic (exact) mass is 290 g/mol. The first-order chi connectivity index (χ1) is 8.55. The van der Waals surface area contributed by atoms with E-state index in [1.165, 1.54) is 6.20 Å². The molecule has 0 saturated heterocycles. The molecule has 0 aliphatic heterocycles. The summed E-state index contributed by atoms with van der Waals surface area (Å²) < 4.78 is 27.0. The number of nitrogen functional groups attached to an aromatic ring is 1. The third-order valence-electron chi connectivity index (χ3n) is 2.36. The maximum atomic E-state index is 12.2. The third kappa shape index (κ3) is 3.84. The smallest absolute Gasteiger partial charge is 0.260 e. The third-order valence-corrected chi connectivity index (χ3v) is 4.58. The number of sulfonamides is 1. The van der Waals surface area contributed by atoms with E-state index in [4.69, 9.17) is 5.84 Å². The van der Waals surface area contributed by atoms with Crippen LogP contribution in [0.25, 0.3) is 0 Å². The fourth-order valence-electron chi connectivity index (χ4n) is 1.43. The summed E-state index contributed by atoms with van der Waals surface area (Å²) in [4.78, 5) is 3.87. The van der Waals surface area contributed by atoms with Crippen molar-refractivity contribution in [3.63, 3.8) is 0 Å². The molecule has 1 aromatic heterocycles. The van der Waals surface area contributed by atoms with Crippen molar-refractivity contribution in [2.24, 2.45) is 5.84 Å². The van der Waals surface area contributed by atoms with E-state index < -0.39 is 10.0 Å². The molecule has 0 saturated carbocycles. The molecule has 0 aliphatic rings. The summed E-state index contributed by atoms with van der Waals surface area (Å²) in [5.74, 6) is 6.00. The quantitative estimate of drug-likeness (QED) is 0.507. The Hall–Kier alpha value is -0.830. The highest BCUT2D eigenvalue weighted by Gasteiger charge is 2.22. The predicted octanol–water partition coefficient (Wildman–Crippen LogP) is 0.787. The average molecular weight is 290 g/mol. The molecule has 1 unspecified atom stereocenters. The highest BCUT2D eigenvalue weighted by molar-refractivity contribution is 7.98. The molecule has 0 spiro atoms. The minimum absolute atomic E-state index is 0.0768. The number of thioether (sulfide) groups is 1. The standard InChI is InChI=1S/C10H18N4O2S2/c1-3-8(7-17-2)14-18(15,16)10-9(13-11)5-4-6-12-10/h4-6,8,13-14H,3,7,11H2,1-2H3. The largest absolute Gasteiger partial charge is 0.321 e. The summed E-state index contributed by atoms with van der Waals surface area (Å²) in [6, 6.07) is 3.07. The lowest BCUT2D eigenvalue weighted by molar-refractivity contribution is 0.555. The van der Waals surface area contributed by atoms with Gasteiger partial charge in [0.2, 0.25) is 0 Å². The van der Waals surface area contributed by atoms with Crippen molar-refractivity contribution in [1.29, 1.82) is 0 Å². The van der Waals surface area contributed by atoms with E-state index in [0.29, 0.717) is 5.75 Å². The van der Waals surface area contributed by atoms with Gasteiger partial charge in [-0.05, 0) is 24.8 Å². The fourth-order valence-corrected chi connectivity index (χ4v) is 3.67. The average Bonchev–Trinajstić information content (AvgIpc) is 2.38. The van der Waals surface area contributed by atoms with Crippen LogP contribution in [0.1, 0.15) is 13.3 Å². The number of anilines is 1. The molecular weight excluding hydrogens is 272 g/mol. The van der Waals surface area contributed by atoms with Gasteiger partial charge in [0.1, 0.15) is 0 Å². The van der Waals surface area contributed by atoms with E-state index in [9.17, 15) is 8.42 Å². The molecule has 1 atom stereocenters. The van der Waals surface area contributed by atoms with Crippen LogP contribution in [0.2, 0.25) is 0 Å². The van der Waals surface area contributed by atoms with Gasteiger partial charge in [0.25, 0.3) is 10.0 Å². The van der Waals surface area contributed by atoms with E-state index in [1.54, 1.807) is 23.9 Å². The van der Waals surface area contributed by atoms with Crippen LogP contribution in [0.5, 0.6) is 0 Å². The zero-order chi connectivity index (χ0) is 13.6. The van der Waals surface area contributed by atoms with Gasteiger partial charge in [-0.1, -0.05) is 6.92 Å². The molecule has 0 fully saturated rings. The van der Waals surface area contributed by atoms with Crippen molar-refractivity contribution in [3.8, 4) is 0 Å². The van der Waals surface area contributed by atoms with E-state index in [-0.39, 0.29) is 16.8 Å². The van der Waals surface area contributed by atoms with Gasteiger partial charge >= 0.3 is 0 Å². The van der Waals surface area contributed by atoms with E-state index in [0.717, 1.165) is 6.42 Å². The Kier molecular flexibility index (Phi) is 5.86. The molecule has 0 aliphatic carbocycles. The zero-order valence-corrected chi connectivity index (χ0v) is 12.0. The second kappa shape index (κ2) is 6.93. The van der Waals surface area contributed by atoms with Crippen LogP contribution < -0.4 is 16.0 Å². The molecular formula is C10H18N4O2S2. The SMILES string of the molecule is CCC(CSC)NS(=O)(=O)c1ncccc1NN. The molecule has 0 bridgehead atoms. The number of hydrogen-bond acceptors (Lipinski definition) is 6. The molecule has 8 heteroatoms. The van der Waals surface area contributed by atoms with Gasteiger partial charge in [0.15, 0.2) is 5.03 Å². The molecule has 1 heterocycles. The van der Waals surface area contributed by atoms with E-state index in [1.807, 2.05) is 13.2 Å². The Balaban J connectivity index is 2.98. The van der Waals surface area contributed by atoms with Gasteiger partial charge in [-0.25, -0.2) is 18.1 Å². The lowest BCUT2D eigenvalue weighted by Crippen LogP contribution is -2.37. The molecule has 102 valence electrons. The molecule has 1 rings (SSSR count). The van der Waals surface area contributed by atoms with Crippen molar-refractivity contribution in [3.05, 3.63) is 18.3 Å². The number of pyridine rings is 1. The first-order valence-electron chi connectivity index (χ1n) is 5.48. The number of hydrazine groups is 1. The van der Waals surface area contributed by atoms with E-state index >= 15 is 0 Å². The van der Waals surface area contributed by atoms with Crippen LogP contribution in [0.15, 0.2) is 23.4 Å². The molecule has 0 radical (unpaired) electrons. The van der Waals surface area contributed by atoms with Crippen LogP contribution in [0.3, 0.4) is 0 Å². The summed E-state index contributed by atoms with van der Waals surface area (Å²) in [5.41, 5.74) is 2.62. The second-order valence-electron chi connectivity index (χ2n) is 3.68. The first kappa shape index (κ1) is 15.2. The predicted molar refractivity (Wildman–Crippen MR) is 74.8 cm³/mol. The van der Waals surface area contributed by atoms with Gasteiger partial charge in [0.05, 0.1) is 5.69 Å². The van der Waals surface area contributed by atoms with Crippen molar-refractivity contribution in [2.75, 3.05) is 17.4 Å². The van der Waals surface area contributed by atoms with Crippen molar-refractivity contribution in [2.45, 2.75) is 24.4 Å². The number of nitrogens with one attached hydrogen (secondary N) is 2. The Morgan fingerprint density at radius 3 is 2.83 bits per heavy atom. The summed E-state index contributed by atoms with van der Waals surface area (Å²) in [7, 11) is -3.65. The molecule has 6 nitrogen and oxygen atoms in total. The second-order valence-corrected chi connectivity index (χ2v) is 6.22. The fraction of sp³-hybridized carbons (Fsp3) is 0.500. The zero-order valence-electron chi connectivity index (χ0n) is 10.4. The van der Waals surface area contributed by atoms with Crippen molar-refractivity contribution < 1.29 is 8.42 Å². The molecule has 1 aromatic rings. The summed E-state index contributed by atoms with van der Waals surface area (Å²) in [6.07, 6.45) is 4.08. The maximum absolute atomic E-state index is 12.2. The number of nitrogens with zero attached hydrogens (tertiary/aromatic N) is 1. The van der Waals surface area contributed by atoms with E-state index in [2.05, 4.69) is 15.1 Å². The van der Waals surface area contributed by atoms with Crippen LogP contribution in [0.4, 0.5) is 5.69 Å². The summed E-state index contributed by atoms with van der Waals surface area (Å²) >= 11 is 1.59. The molecule has 4 N–H and O–H groups in total. The Bertz CT molecular complexity index is 479. The highest BCUT2D eigenvalue weighted by Crippen LogP contribution is 2.17. The lowest BCUT2D eigenvalue weighted by atomic mass is 10.3.